The molecule has 0 spiro atoms. The van der Waals surface area contributed by atoms with Crippen LogP contribution in [0.4, 0.5) is 0 Å². The Kier molecular flexibility index (Phi) is 11.8. The fourth-order valence-corrected chi connectivity index (χ4v) is 26.8. The number of ether oxygens (including phenoxy) is 2. The van der Waals surface area contributed by atoms with E-state index in [0.29, 0.717) is 19.8 Å². The van der Waals surface area contributed by atoms with Crippen LogP contribution >= 0.6 is 0 Å². The Bertz CT molecular complexity index is 429. The van der Waals surface area contributed by atoms with E-state index in [0.717, 1.165) is 12.5 Å². The summed E-state index contributed by atoms with van der Waals surface area (Å²) in [7, 11) is -8.77. The van der Waals surface area contributed by atoms with Crippen LogP contribution in [-0.4, -0.2) is 69.2 Å². The van der Waals surface area contributed by atoms with Gasteiger partial charge in [-0.1, -0.05) is 0 Å². The zero-order chi connectivity index (χ0) is 22.3. The van der Waals surface area contributed by atoms with Gasteiger partial charge in [0, 0.05) is 16.6 Å². The molecule has 0 radical (unpaired) electrons. The van der Waals surface area contributed by atoms with Crippen LogP contribution in [0.3, 0.4) is 0 Å². The summed E-state index contributed by atoms with van der Waals surface area (Å²) in [6.45, 7) is 25.9. The molecule has 0 aromatic heterocycles. The molecule has 0 atom stereocenters. The number of hydrogen-bond acceptors (Lipinski definition) is 6. The van der Waals surface area contributed by atoms with Crippen molar-refractivity contribution in [2.45, 2.75) is 84.5 Å². The molecule has 0 fully saturated rings. The van der Waals surface area contributed by atoms with E-state index in [1.54, 1.807) is 7.11 Å². The van der Waals surface area contributed by atoms with Gasteiger partial charge >= 0.3 is 25.7 Å². The van der Waals surface area contributed by atoms with Crippen molar-refractivity contribution in [1.82, 2.24) is 0 Å². The Morgan fingerprint density at radius 1 is 0.571 bits per heavy atom. The van der Waals surface area contributed by atoms with E-state index in [-0.39, 0.29) is 2.85 Å². The third-order valence-corrected chi connectivity index (χ3v) is 20.9. The summed E-state index contributed by atoms with van der Waals surface area (Å²) in [6, 6.07) is 0.872. The topological polar surface area (TPSA) is 55.4 Å². The molecule has 0 amide bonds. The van der Waals surface area contributed by atoms with Gasteiger partial charge in [-0.3, -0.25) is 0 Å². The van der Waals surface area contributed by atoms with E-state index in [1.165, 1.54) is 0 Å². The van der Waals surface area contributed by atoms with Crippen LogP contribution in [0, 0.1) is 0 Å². The van der Waals surface area contributed by atoms with Crippen LogP contribution in [0.25, 0.3) is 0 Å². The van der Waals surface area contributed by atoms with Crippen LogP contribution in [0.5, 0.6) is 0 Å². The van der Waals surface area contributed by atoms with Gasteiger partial charge in [0.2, 0.25) is 0 Å². The molecule has 0 N–H and O–H groups in total. The molecule has 0 rings (SSSR count). The third-order valence-electron chi connectivity index (χ3n) is 3.38. The smallest absolute Gasteiger partial charge is 0.317 e. The summed E-state index contributed by atoms with van der Waals surface area (Å²) in [6.07, 6.45) is 0.904. The van der Waals surface area contributed by atoms with Crippen LogP contribution in [0.2, 0.25) is 78.1 Å². The Hall–Kier alpha value is 0.844. The fourth-order valence-electron chi connectivity index (χ4n) is 3.42. The molecule has 0 aliphatic rings. The molecule has 0 saturated heterocycles. The zero-order valence-electron chi connectivity index (χ0n) is 20.5. The first kappa shape index (κ1) is 28.8. The maximum Gasteiger partial charge on any atom is 0.317 e. The monoisotopic (exact) mass is 490 g/mol. The van der Waals surface area contributed by atoms with Crippen LogP contribution in [0.15, 0.2) is 0 Å². The second-order valence-corrected chi connectivity index (χ2v) is 30.4. The molecule has 28 heavy (non-hydrogen) atoms. The zero-order valence-corrected chi connectivity index (χ0v) is 25.5. The van der Waals surface area contributed by atoms with E-state index in [1.807, 2.05) is 0 Å². The molecule has 174 valence electrons. The van der Waals surface area contributed by atoms with Crippen molar-refractivity contribution in [2.24, 2.45) is 0 Å². The van der Waals surface area contributed by atoms with Gasteiger partial charge in [-0.15, -0.1) is 0 Å². The van der Waals surface area contributed by atoms with Gasteiger partial charge in [0.25, 0.3) is 0 Å². The lowest BCUT2D eigenvalue weighted by Crippen LogP contribution is -2.59. The van der Waals surface area contributed by atoms with Gasteiger partial charge < -0.3 is 25.9 Å². The molecule has 0 heterocycles. The van der Waals surface area contributed by atoms with Crippen LogP contribution in [0.1, 0.15) is 9.27 Å². The SMILES string of the molecule is COCCOCCC[Si](C)(O[Si](C)(C)O[Si](C)(C)C)O[Si](C)(C)O[Si](C)(C)C.[HH].[HH]. The van der Waals surface area contributed by atoms with Gasteiger partial charge in [-0.25, -0.2) is 0 Å². The van der Waals surface area contributed by atoms with E-state index < -0.39 is 42.3 Å². The van der Waals surface area contributed by atoms with E-state index in [4.69, 9.17) is 25.9 Å². The first-order valence-electron chi connectivity index (χ1n) is 10.3. The maximum atomic E-state index is 6.74. The molecule has 6 nitrogen and oxygen atoms in total. The number of hydrogen-bond donors (Lipinski definition) is 0. The van der Waals surface area contributed by atoms with Crippen molar-refractivity contribution in [1.29, 1.82) is 0 Å². The molecular weight excluding hydrogens is 441 g/mol. The molecule has 0 aliphatic carbocycles. The first-order chi connectivity index (χ1) is 12.4. The van der Waals surface area contributed by atoms with E-state index in [9.17, 15) is 0 Å². The van der Waals surface area contributed by atoms with E-state index >= 15 is 0 Å². The summed E-state index contributed by atoms with van der Waals surface area (Å²) >= 11 is 0. The van der Waals surface area contributed by atoms with Gasteiger partial charge in [0.05, 0.1) is 13.2 Å². The third kappa shape index (κ3) is 15.7. The largest absolute Gasteiger partial charge is 0.437 e. The molecule has 0 unspecified atom stereocenters. The van der Waals surface area contributed by atoms with E-state index in [2.05, 4.69) is 72.0 Å². The van der Waals surface area contributed by atoms with Gasteiger partial charge in [-0.05, 0) is 84.5 Å². The maximum absolute atomic E-state index is 6.74. The van der Waals surface area contributed by atoms with Gasteiger partial charge in [0.1, 0.15) is 0 Å². The minimum absolute atomic E-state index is 0. The van der Waals surface area contributed by atoms with Crippen molar-refractivity contribution in [3.05, 3.63) is 0 Å². The van der Waals surface area contributed by atoms with Gasteiger partial charge in [0.15, 0.2) is 16.6 Å². The summed E-state index contributed by atoms with van der Waals surface area (Å²) in [5.41, 5.74) is 0. The molecule has 0 aromatic carbocycles. The second kappa shape index (κ2) is 11.5. The molecule has 0 aromatic rings. The lowest BCUT2D eigenvalue weighted by atomic mass is 10.5. The molecule has 11 heteroatoms. The van der Waals surface area contributed by atoms with Crippen LogP contribution < -0.4 is 0 Å². The van der Waals surface area contributed by atoms with Crippen molar-refractivity contribution in [3.63, 3.8) is 0 Å². The lowest BCUT2D eigenvalue weighted by Gasteiger charge is -2.43. The van der Waals surface area contributed by atoms with Gasteiger partial charge in [-0.2, -0.15) is 0 Å². The minimum atomic E-state index is -2.48. The molecule has 0 aliphatic heterocycles. The average Bonchev–Trinajstić information content (AvgIpc) is 2.34. The van der Waals surface area contributed by atoms with Crippen LogP contribution in [-0.2, 0) is 25.9 Å². The summed E-state index contributed by atoms with van der Waals surface area (Å²) in [4.78, 5) is 0. The highest BCUT2D eigenvalue weighted by atomic mass is 28.5. The minimum Gasteiger partial charge on any atom is -0.437 e. The Morgan fingerprint density at radius 3 is 1.36 bits per heavy atom. The Labute approximate surface area is 182 Å². The van der Waals surface area contributed by atoms with Crippen molar-refractivity contribution < 1.29 is 28.8 Å². The first-order valence-corrected chi connectivity index (χ1v) is 25.2. The van der Waals surface area contributed by atoms with Crippen molar-refractivity contribution in [3.8, 4) is 0 Å². The van der Waals surface area contributed by atoms with Crippen molar-refractivity contribution in [2.75, 3.05) is 26.9 Å². The van der Waals surface area contributed by atoms with Crippen molar-refractivity contribution >= 4 is 42.3 Å². The Morgan fingerprint density at radius 2 is 1.00 bits per heavy atom. The quantitative estimate of drug-likeness (QED) is 0.215. The highest BCUT2D eigenvalue weighted by molar-refractivity contribution is 6.90. The summed E-state index contributed by atoms with van der Waals surface area (Å²) < 4.78 is 37.0. The fraction of sp³-hybridized carbons (Fsp3) is 1.00. The molecular formula is C17H50O6Si5. The summed E-state index contributed by atoms with van der Waals surface area (Å²) in [5, 5.41) is 0. The highest BCUT2D eigenvalue weighted by Gasteiger charge is 2.46. The standard InChI is InChI=1S/C17H46O6Si5.2H2/c1-18-15-16-19-14-13-17-28(12,22-26(8,9)20-24(2,3)4)23-27(10,11)21-25(5,6)7;;/h13-17H2,1-12H3;2*1H. The molecule has 0 bridgehead atoms. The predicted molar refractivity (Wildman–Crippen MR) is 134 cm³/mol. The number of rotatable bonds is 15. The second-order valence-electron chi connectivity index (χ2n) is 10.3. The Balaban J connectivity index is -0.00000364. The highest BCUT2D eigenvalue weighted by Crippen LogP contribution is 2.29. The summed E-state index contributed by atoms with van der Waals surface area (Å²) in [5.74, 6) is 0. The predicted octanol–water partition coefficient (Wildman–Crippen LogP) is 5.74. The average molecular weight is 491 g/mol. The molecule has 0 saturated carbocycles. The lowest BCUT2D eigenvalue weighted by molar-refractivity contribution is 0.0703. The number of methoxy groups -OCH3 is 1. The normalized spacial score (nSPS) is 14.6.